The third-order valence-electron chi connectivity index (χ3n) is 6.87. The van der Waals surface area contributed by atoms with E-state index in [9.17, 15) is 4.79 Å². The molecular weight excluding hydrogens is 408 g/mol. The van der Waals surface area contributed by atoms with E-state index in [-0.39, 0.29) is 5.91 Å². The van der Waals surface area contributed by atoms with Gasteiger partial charge in [-0.1, -0.05) is 18.2 Å². The van der Waals surface area contributed by atoms with Gasteiger partial charge in [0, 0.05) is 49.3 Å². The van der Waals surface area contributed by atoms with Gasteiger partial charge in [-0.05, 0) is 92.1 Å². The molecule has 5 rings (SSSR count). The van der Waals surface area contributed by atoms with Crippen LogP contribution >= 0.6 is 0 Å². The Bertz CT molecular complexity index is 1100. The molecule has 2 fully saturated rings. The van der Waals surface area contributed by atoms with Crippen LogP contribution in [0.3, 0.4) is 0 Å². The minimum atomic E-state index is 0.146. The predicted molar refractivity (Wildman–Crippen MR) is 134 cm³/mol. The van der Waals surface area contributed by atoms with Crippen molar-refractivity contribution < 1.29 is 4.79 Å². The van der Waals surface area contributed by atoms with Crippen LogP contribution in [0.2, 0.25) is 0 Å². The Morgan fingerprint density at radius 1 is 0.939 bits per heavy atom. The number of likely N-dealkylation sites (tertiary alicyclic amines) is 1. The number of benzene rings is 2. The van der Waals surface area contributed by atoms with Crippen LogP contribution in [0.25, 0.3) is 0 Å². The molecule has 3 aromatic rings. The summed E-state index contributed by atoms with van der Waals surface area (Å²) in [6, 6.07) is 20.6. The maximum absolute atomic E-state index is 12.9. The van der Waals surface area contributed by atoms with Gasteiger partial charge in [0.25, 0.3) is 5.91 Å². The number of piperidine rings is 1. The molecule has 5 heteroatoms. The normalized spacial score (nSPS) is 16.8. The van der Waals surface area contributed by atoms with Crippen molar-refractivity contribution in [2.24, 2.45) is 0 Å². The van der Waals surface area contributed by atoms with Gasteiger partial charge in [0.05, 0.1) is 0 Å². The zero-order chi connectivity index (χ0) is 22.6. The highest BCUT2D eigenvalue weighted by atomic mass is 16.2. The zero-order valence-electron chi connectivity index (χ0n) is 19.3. The van der Waals surface area contributed by atoms with Crippen LogP contribution in [-0.4, -0.2) is 42.0 Å². The number of aryl methyl sites for hydroxylation is 1. The van der Waals surface area contributed by atoms with Gasteiger partial charge in [-0.3, -0.25) is 4.79 Å². The highest BCUT2D eigenvalue weighted by molar-refractivity contribution is 5.94. The summed E-state index contributed by atoms with van der Waals surface area (Å²) in [4.78, 5) is 21.8. The summed E-state index contributed by atoms with van der Waals surface area (Å²) < 4.78 is 0. The monoisotopic (exact) mass is 440 g/mol. The second-order valence-electron chi connectivity index (χ2n) is 9.28. The minimum Gasteiger partial charge on any atom is -0.371 e. The SMILES string of the molecule is Cc1ccnc(Nc2cc(C3CCN(C(=O)c4ccccc4)CC3)cc(N3CCCC3)c2)c1. The van der Waals surface area contributed by atoms with Crippen LogP contribution in [0.15, 0.2) is 66.9 Å². The topological polar surface area (TPSA) is 48.5 Å². The first-order chi connectivity index (χ1) is 16.2. The number of aromatic nitrogens is 1. The number of hydrogen-bond acceptors (Lipinski definition) is 4. The Hall–Kier alpha value is -3.34. The first-order valence-electron chi connectivity index (χ1n) is 12.1. The Labute approximate surface area is 196 Å². The van der Waals surface area contributed by atoms with Crippen LogP contribution in [0, 0.1) is 6.92 Å². The van der Waals surface area contributed by atoms with Gasteiger partial charge >= 0.3 is 0 Å². The van der Waals surface area contributed by atoms with Crippen LogP contribution in [-0.2, 0) is 0 Å². The molecule has 0 radical (unpaired) electrons. The number of carbonyl (C=O) groups excluding carboxylic acids is 1. The van der Waals surface area contributed by atoms with E-state index in [2.05, 4.69) is 46.4 Å². The van der Waals surface area contributed by atoms with Crippen LogP contribution in [0.4, 0.5) is 17.2 Å². The Morgan fingerprint density at radius 2 is 1.70 bits per heavy atom. The summed E-state index contributed by atoms with van der Waals surface area (Å²) in [5.74, 6) is 1.48. The fourth-order valence-electron chi connectivity index (χ4n) is 5.03. The minimum absolute atomic E-state index is 0.146. The van der Waals surface area contributed by atoms with Crippen molar-refractivity contribution >= 4 is 23.1 Å². The van der Waals surface area contributed by atoms with E-state index in [1.807, 2.05) is 47.5 Å². The number of pyridine rings is 1. The van der Waals surface area contributed by atoms with Crippen LogP contribution in [0.1, 0.15) is 53.1 Å². The first kappa shape index (κ1) is 21.5. The van der Waals surface area contributed by atoms with Gasteiger partial charge in [-0.15, -0.1) is 0 Å². The smallest absolute Gasteiger partial charge is 0.253 e. The van der Waals surface area contributed by atoms with E-state index >= 15 is 0 Å². The number of nitrogens with one attached hydrogen (secondary N) is 1. The molecular formula is C28H32N4O. The van der Waals surface area contributed by atoms with E-state index in [4.69, 9.17) is 0 Å². The van der Waals surface area contributed by atoms with Gasteiger partial charge in [-0.25, -0.2) is 4.98 Å². The molecule has 2 saturated heterocycles. The molecule has 3 heterocycles. The molecule has 0 aliphatic carbocycles. The summed E-state index contributed by atoms with van der Waals surface area (Å²) >= 11 is 0. The highest BCUT2D eigenvalue weighted by Gasteiger charge is 2.26. The molecule has 0 saturated carbocycles. The van der Waals surface area contributed by atoms with E-state index < -0.39 is 0 Å². The van der Waals surface area contributed by atoms with Crippen molar-refractivity contribution in [3.05, 3.63) is 83.6 Å². The molecule has 2 aliphatic heterocycles. The molecule has 0 atom stereocenters. The van der Waals surface area contributed by atoms with E-state index in [1.165, 1.54) is 29.7 Å². The highest BCUT2D eigenvalue weighted by Crippen LogP contribution is 2.35. The average Bonchev–Trinajstić information content (AvgIpc) is 3.39. The number of carbonyl (C=O) groups is 1. The van der Waals surface area contributed by atoms with E-state index in [0.717, 1.165) is 56.1 Å². The van der Waals surface area contributed by atoms with Crippen molar-refractivity contribution in [3.63, 3.8) is 0 Å². The fourth-order valence-corrected chi connectivity index (χ4v) is 5.03. The quantitative estimate of drug-likeness (QED) is 0.548. The maximum atomic E-state index is 12.9. The van der Waals surface area contributed by atoms with Gasteiger partial charge < -0.3 is 15.1 Å². The molecule has 1 aromatic heterocycles. The van der Waals surface area contributed by atoms with Crippen molar-refractivity contribution in [2.75, 3.05) is 36.4 Å². The molecule has 2 aliphatic rings. The molecule has 33 heavy (non-hydrogen) atoms. The first-order valence-corrected chi connectivity index (χ1v) is 12.1. The van der Waals surface area contributed by atoms with Crippen LogP contribution in [0.5, 0.6) is 0 Å². The van der Waals surface area contributed by atoms with Crippen molar-refractivity contribution in [1.82, 2.24) is 9.88 Å². The summed E-state index contributed by atoms with van der Waals surface area (Å²) in [6.45, 7) is 5.93. The second-order valence-corrected chi connectivity index (χ2v) is 9.28. The van der Waals surface area contributed by atoms with Crippen molar-refractivity contribution in [3.8, 4) is 0 Å². The summed E-state index contributed by atoms with van der Waals surface area (Å²) in [7, 11) is 0. The number of rotatable bonds is 5. The Morgan fingerprint density at radius 3 is 2.42 bits per heavy atom. The summed E-state index contributed by atoms with van der Waals surface area (Å²) in [5, 5.41) is 3.53. The third-order valence-corrected chi connectivity index (χ3v) is 6.87. The lowest BCUT2D eigenvalue weighted by Gasteiger charge is -2.33. The molecule has 5 nitrogen and oxygen atoms in total. The number of anilines is 3. The molecule has 1 N–H and O–H groups in total. The van der Waals surface area contributed by atoms with E-state index in [0.29, 0.717) is 5.92 Å². The van der Waals surface area contributed by atoms with Crippen molar-refractivity contribution in [1.29, 1.82) is 0 Å². The lowest BCUT2D eigenvalue weighted by atomic mass is 9.88. The zero-order valence-corrected chi connectivity index (χ0v) is 19.3. The lowest BCUT2D eigenvalue weighted by molar-refractivity contribution is 0.0713. The summed E-state index contributed by atoms with van der Waals surface area (Å²) in [5.41, 5.74) is 5.72. The maximum Gasteiger partial charge on any atom is 0.253 e. The number of nitrogens with zero attached hydrogens (tertiary/aromatic N) is 3. The second kappa shape index (κ2) is 9.65. The van der Waals surface area contributed by atoms with Crippen LogP contribution < -0.4 is 10.2 Å². The molecule has 0 bridgehead atoms. The van der Waals surface area contributed by atoms with Gasteiger partial charge in [0.2, 0.25) is 0 Å². The molecule has 1 amide bonds. The van der Waals surface area contributed by atoms with Gasteiger partial charge in [-0.2, -0.15) is 0 Å². The number of hydrogen-bond donors (Lipinski definition) is 1. The Kier molecular flexibility index (Phi) is 6.29. The van der Waals surface area contributed by atoms with Crippen molar-refractivity contribution in [2.45, 2.75) is 38.5 Å². The largest absolute Gasteiger partial charge is 0.371 e. The molecule has 0 unspecified atom stereocenters. The number of amides is 1. The fraction of sp³-hybridized carbons (Fsp3) is 0.357. The lowest BCUT2D eigenvalue weighted by Crippen LogP contribution is -2.37. The molecule has 170 valence electrons. The molecule has 2 aromatic carbocycles. The average molecular weight is 441 g/mol. The standard InChI is InChI=1S/C28H32N4O/c1-21-9-12-29-27(17-21)30-25-18-24(19-26(20-25)31-13-5-6-14-31)22-10-15-32(16-11-22)28(33)23-7-3-2-4-8-23/h2-4,7-9,12,17-20,22H,5-6,10-11,13-16H2,1H3,(H,29,30). The predicted octanol–water partition coefficient (Wildman–Crippen LogP) is 5.75. The Balaban J connectivity index is 1.34. The summed E-state index contributed by atoms with van der Waals surface area (Å²) in [6.07, 6.45) is 6.34. The van der Waals surface area contributed by atoms with Gasteiger partial charge in [0.15, 0.2) is 0 Å². The molecule has 0 spiro atoms. The van der Waals surface area contributed by atoms with Gasteiger partial charge in [0.1, 0.15) is 5.82 Å². The van der Waals surface area contributed by atoms with E-state index in [1.54, 1.807) is 0 Å². The third kappa shape index (κ3) is 5.03.